The highest BCUT2D eigenvalue weighted by atomic mass is 16.2. The Hall–Kier alpha value is -1.59. The van der Waals surface area contributed by atoms with Crippen LogP contribution in [0.3, 0.4) is 0 Å². The first-order valence-electron chi connectivity index (χ1n) is 5.93. The van der Waals surface area contributed by atoms with Gasteiger partial charge in [0.2, 0.25) is 11.8 Å². The number of amides is 4. The van der Waals surface area contributed by atoms with E-state index in [0.717, 1.165) is 12.8 Å². The number of likely N-dealkylation sites (N-methyl/N-ethyl adjacent to an activating group) is 1. The van der Waals surface area contributed by atoms with Crippen molar-refractivity contribution in [1.29, 1.82) is 0 Å². The quantitative estimate of drug-likeness (QED) is 0.683. The molecule has 1 saturated carbocycles. The maximum Gasteiger partial charge on any atom is 0.326 e. The van der Waals surface area contributed by atoms with E-state index in [1.54, 1.807) is 7.05 Å². The third-order valence-corrected chi connectivity index (χ3v) is 2.96. The van der Waals surface area contributed by atoms with Crippen molar-refractivity contribution < 1.29 is 14.4 Å². The third kappa shape index (κ3) is 2.95. The second kappa shape index (κ2) is 4.73. The Balaban J connectivity index is 1.68. The molecule has 6 nitrogen and oxygen atoms in total. The molecule has 0 atom stereocenters. The summed E-state index contributed by atoms with van der Waals surface area (Å²) < 4.78 is 0. The van der Waals surface area contributed by atoms with Gasteiger partial charge in [-0.1, -0.05) is 0 Å². The second-order valence-corrected chi connectivity index (χ2v) is 4.63. The summed E-state index contributed by atoms with van der Waals surface area (Å²) in [6, 6.07) is 0.0984. The third-order valence-electron chi connectivity index (χ3n) is 2.96. The van der Waals surface area contributed by atoms with Crippen LogP contribution < -0.4 is 5.32 Å². The molecular weight excluding hydrogens is 222 g/mol. The Morgan fingerprint density at radius 2 is 2.12 bits per heavy atom. The molecule has 0 bridgehead atoms. The van der Waals surface area contributed by atoms with Gasteiger partial charge >= 0.3 is 6.03 Å². The minimum absolute atomic E-state index is 0.0138. The summed E-state index contributed by atoms with van der Waals surface area (Å²) in [7, 11) is 1.60. The standard InChI is InChI=1S/C11H17N3O3/c1-13-7-10(16)14(11(13)17)6-2-3-9(15)12-8-4-5-8/h8H,2-7H2,1H3,(H,12,15). The molecule has 0 radical (unpaired) electrons. The number of nitrogens with one attached hydrogen (secondary N) is 1. The molecule has 2 fully saturated rings. The van der Waals surface area contributed by atoms with Crippen molar-refractivity contribution in [3.63, 3.8) is 0 Å². The molecule has 0 aromatic carbocycles. The minimum atomic E-state index is -0.266. The van der Waals surface area contributed by atoms with E-state index < -0.39 is 0 Å². The average Bonchev–Trinajstić information content (AvgIpc) is 3.02. The van der Waals surface area contributed by atoms with Crippen LogP contribution in [-0.4, -0.2) is 53.8 Å². The molecule has 17 heavy (non-hydrogen) atoms. The van der Waals surface area contributed by atoms with Gasteiger partial charge in [-0.2, -0.15) is 0 Å². The lowest BCUT2D eigenvalue weighted by Crippen LogP contribution is -2.33. The van der Waals surface area contributed by atoms with Crippen molar-refractivity contribution >= 4 is 17.8 Å². The van der Waals surface area contributed by atoms with E-state index in [2.05, 4.69) is 5.32 Å². The summed E-state index contributed by atoms with van der Waals surface area (Å²) >= 11 is 0. The maximum absolute atomic E-state index is 11.5. The molecule has 1 heterocycles. The Kier molecular flexibility index (Phi) is 3.31. The van der Waals surface area contributed by atoms with Gasteiger partial charge in [-0.15, -0.1) is 0 Å². The molecule has 0 unspecified atom stereocenters. The van der Waals surface area contributed by atoms with Gasteiger partial charge in [-0.3, -0.25) is 14.5 Å². The number of hydrogen-bond acceptors (Lipinski definition) is 3. The van der Waals surface area contributed by atoms with Crippen LogP contribution in [-0.2, 0) is 9.59 Å². The number of hydrogen-bond donors (Lipinski definition) is 1. The number of urea groups is 1. The van der Waals surface area contributed by atoms with Gasteiger partial charge < -0.3 is 10.2 Å². The molecular formula is C11H17N3O3. The van der Waals surface area contributed by atoms with E-state index >= 15 is 0 Å². The van der Waals surface area contributed by atoms with Crippen molar-refractivity contribution in [3.05, 3.63) is 0 Å². The van der Waals surface area contributed by atoms with Crippen molar-refractivity contribution in [3.8, 4) is 0 Å². The van der Waals surface area contributed by atoms with Gasteiger partial charge in [0, 0.05) is 26.1 Å². The van der Waals surface area contributed by atoms with Crippen molar-refractivity contribution in [1.82, 2.24) is 15.1 Å². The van der Waals surface area contributed by atoms with E-state index in [4.69, 9.17) is 0 Å². The molecule has 94 valence electrons. The fourth-order valence-corrected chi connectivity index (χ4v) is 1.81. The Bertz CT molecular complexity index is 352. The number of carbonyl (C=O) groups excluding carboxylic acids is 3. The molecule has 1 saturated heterocycles. The zero-order chi connectivity index (χ0) is 12.4. The minimum Gasteiger partial charge on any atom is -0.353 e. The molecule has 2 rings (SSSR count). The number of nitrogens with zero attached hydrogens (tertiary/aromatic N) is 2. The van der Waals surface area contributed by atoms with Gasteiger partial charge in [-0.25, -0.2) is 4.79 Å². The van der Waals surface area contributed by atoms with Gasteiger partial charge in [0.25, 0.3) is 0 Å². The second-order valence-electron chi connectivity index (χ2n) is 4.63. The molecule has 1 N–H and O–H groups in total. The lowest BCUT2D eigenvalue weighted by Gasteiger charge is -2.13. The van der Waals surface area contributed by atoms with Crippen LogP contribution in [0.4, 0.5) is 4.79 Å². The van der Waals surface area contributed by atoms with Gasteiger partial charge in [-0.05, 0) is 19.3 Å². The van der Waals surface area contributed by atoms with Crippen LogP contribution in [0.2, 0.25) is 0 Å². The summed E-state index contributed by atoms with van der Waals surface area (Å²) in [5.74, 6) is -0.167. The predicted octanol–water partition coefficient (Wildman–Crippen LogP) is -0.0608. The zero-order valence-electron chi connectivity index (χ0n) is 9.94. The van der Waals surface area contributed by atoms with Gasteiger partial charge in [0.05, 0.1) is 0 Å². The number of rotatable bonds is 5. The summed E-state index contributed by atoms with van der Waals surface area (Å²) in [5.41, 5.74) is 0. The lowest BCUT2D eigenvalue weighted by atomic mass is 10.3. The highest BCUT2D eigenvalue weighted by molar-refractivity contribution is 6.01. The molecule has 0 aromatic heterocycles. The van der Waals surface area contributed by atoms with E-state index in [0.29, 0.717) is 25.4 Å². The topological polar surface area (TPSA) is 69.7 Å². The first-order valence-corrected chi connectivity index (χ1v) is 5.93. The summed E-state index contributed by atoms with van der Waals surface area (Å²) in [6.45, 7) is 0.479. The normalized spacial score (nSPS) is 20.1. The largest absolute Gasteiger partial charge is 0.353 e. The smallest absolute Gasteiger partial charge is 0.326 e. The number of imide groups is 1. The summed E-state index contributed by atoms with van der Waals surface area (Å²) in [4.78, 5) is 36.9. The van der Waals surface area contributed by atoms with Crippen LogP contribution in [0.25, 0.3) is 0 Å². The molecule has 6 heteroatoms. The lowest BCUT2D eigenvalue weighted by molar-refractivity contribution is -0.126. The average molecular weight is 239 g/mol. The van der Waals surface area contributed by atoms with Gasteiger partial charge in [0.1, 0.15) is 6.54 Å². The van der Waals surface area contributed by atoms with E-state index in [-0.39, 0.29) is 24.4 Å². The van der Waals surface area contributed by atoms with Crippen molar-refractivity contribution in [2.75, 3.05) is 20.1 Å². The first kappa shape index (κ1) is 11.9. The number of carbonyl (C=O) groups is 3. The predicted molar refractivity (Wildman–Crippen MR) is 60.1 cm³/mol. The molecule has 0 spiro atoms. The van der Waals surface area contributed by atoms with Gasteiger partial charge in [0.15, 0.2) is 0 Å². The van der Waals surface area contributed by atoms with E-state index in [1.165, 1.54) is 9.80 Å². The highest BCUT2D eigenvalue weighted by Gasteiger charge is 2.33. The van der Waals surface area contributed by atoms with Crippen LogP contribution in [0.15, 0.2) is 0 Å². The fourth-order valence-electron chi connectivity index (χ4n) is 1.81. The van der Waals surface area contributed by atoms with E-state index in [1.807, 2.05) is 0 Å². The zero-order valence-corrected chi connectivity index (χ0v) is 9.94. The Labute approximate surface area is 99.9 Å². The molecule has 4 amide bonds. The fraction of sp³-hybridized carbons (Fsp3) is 0.727. The van der Waals surface area contributed by atoms with Crippen LogP contribution in [0.1, 0.15) is 25.7 Å². The summed E-state index contributed by atoms with van der Waals surface area (Å²) in [5, 5.41) is 2.87. The molecule has 2 aliphatic rings. The monoisotopic (exact) mass is 239 g/mol. The molecule has 1 aliphatic carbocycles. The van der Waals surface area contributed by atoms with Crippen LogP contribution >= 0.6 is 0 Å². The highest BCUT2D eigenvalue weighted by Crippen LogP contribution is 2.18. The SMILES string of the molecule is CN1CC(=O)N(CCCC(=O)NC2CC2)C1=O. The van der Waals surface area contributed by atoms with Crippen LogP contribution in [0.5, 0.6) is 0 Å². The van der Waals surface area contributed by atoms with Crippen LogP contribution in [0, 0.1) is 0 Å². The van der Waals surface area contributed by atoms with Crippen molar-refractivity contribution in [2.24, 2.45) is 0 Å². The summed E-state index contributed by atoms with van der Waals surface area (Å²) in [6.07, 6.45) is 3.04. The Morgan fingerprint density at radius 3 is 2.65 bits per heavy atom. The Morgan fingerprint density at radius 1 is 1.41 bits per heavy atom. The van der Waals surface area contributed by atoms with Crippen molar-refractivity contribution in [2.45, 2.75) is 31.7 Å². The molecule has 0 aromatic rings. The molecule has 1 aliphatic heterocycles. The van der Waals surface area contributed by atoms with E-state index in [9.17, 15) is 14.4 Å². The maximum atomic E-state index is 11.5. The first-order chi connectivity index (χ1) is 8.08.